The average Bonchev–Trinajstić information content (AvgIpc) is 2.86. The first kappa shape index (κ1) is 18.4. The summed E-state index contributed by atoms with van der Waals surface area (Å²) in [5.74, 6) is -1.92. The largest absolute Gasteiger partial charge is 0.485 e. The molecule has 0 bridgehead atoms. The number of carbonyl (C=O) groups is 1. The Morgan fingerprint density at radius 2 is 1.92 bits per heavy atom. The Labute approximate surface area is 137 Å². The van der Waals surface area contributed by atoms with Crippen molar-refractivity contribution in [1.29, 1.82) is 0 Å². The summed E-state index contributed by atoms with van der Waals surface area (Å²) < 4.78 is 62.6. The molecule has 8 heteroatoms. The van der Waals surface area contributed by atoms with Gasteiger partial charge in [-0.1, -0.05) is 6.07 Å². The monoisotopic (exact) mass is 349 g/mol. The van der Waals surface area contributed by atoms with Crippen LogP contribution in [-0.4, -0.2) is 35.8 Å². The van der Waals surface area contributed by atoms with E-state index >= 15 is 0 Å². The number of hydrogen-bond donors (Lipinski definition) is 0. The van der Waals surface area contributed by atoms with E-state index in [1.54, 1.807) is 20.8 Å². The van der Waals surface area contributed by atoms with Gasteiger partial charge in [-0.05, 0) is 32.9 Å². The van der Waals surface area contributed by atoms with E-state index in [4.69, 9.17) is 9.47 Å². The summed E-state index contributed by atoms with van der Waals surface area (Å²) in [6.07, 6.45) is -5.52. The Hall–Kier alpha value is -1.99. The van der Waals surface area contributed by atoms with Gasteiger partial charge in [-0.15, -0.1) is 0 Å². The lowest BCUT2D eigenvalue weighted by molar-refractivity contribution is -0.140. The van der Waals surface area contributed by atoms with Crippen LogP contribution in [-0.2, 0) is 10.9 Å². The van der Waals surface area contributed by atoms with Crippen LogP contribution in [0.25, 0.3) is 0 Å². The molecule has 0 aromatic heterocycles. The molecular formula is C16H19F4NO3. The van der Waals surface area contributed by atoms with Crippen molar-refractivity contribution in [1.82, 2.24) is 4.90 Å². The van der Waals surface area contributed by atoms with Crippen molar-refractivity contribution in [3.8, 4) is 5.75 Å². The third-order valence-electron chi connectivity index (χ3n) is 3.36. The zero-order valence-electron chi connectivity index (χ0n) is 13.6. The molecule has 4 nitrogen and oxygen atoms in total. The molecule has 1 fully saturated rings. The predicted octanol–water partition coefficient (Wildman–Crippen LogP) is 4.23. The van der Waals surface area contributed by atoms with E-state index < -0.39 is 41.1 Å². The molecule has 1 atom stereocenters. The van der Waals surface area contributed by atoms with Gasteiger partial charge >= 0.3 is 12.3 Å². The van der Waals surface area contributed by atoms with Crippen molar-refractivity contribution in [2.45, 2.75) is 45.1 Å². The first-order valence-electron chi connectivity index (χ1n) is 7.47. The van der Waals surface area contributed by atoms with Crippen LogP contribution in [0.2, 0.25) is 0 Å². The fourth-order valence-electron chi connectivity index (χ4n) is 2.32. The SMILES string of the molecule is CC(C)(C)OC(=O)N1CCC(Oc2cccc(C(F)(F)F)c2F)C1. The molecule has 0 saturated carbocycles. The van der Waals surface area contributed by atoms with Gasteiger partial charge in [0.15, 0.2) is 11.6 Å². The summed E-state index contributed by atoms with van der Waals surface area (Å²) in [6.45, 7) is 5.65. The minimum absolute atomic E-state index is 0.130. The fourth-order valence-corrected chi connectivity index (χ4v) is 2.32. The van der Waals surface area contributed by atoms with Crippen LogP contribution in [0.3, 0.4) is 0 Å². The van der Waals surface area contributed by atoms with E-state index in [1.165, 1.54) is 4.90 Å². The number of benzene rings is 1. The van der Waals surface area contributed by atoms with Crippen LogP contribution in [0.4, 0.5) is 22.4 Å². The second-order valence-corrected chi connectivity index (χ2v) is 6.57. The van der Waals surface area contributed by atoms with Crippen LogP contribution < -0.4 is 4.74 Å². The molecule has 0 aliphatic carbocycles. The van der Waals surface area contributed by atoms with E-state index in [2.05, 4.69) is 0 Å². The molecule has 134 valence electrons. The Morgan fingerprint density at radius 1 is 1.25 bits per heavy atom. The van der Waals surface area contributed by atoms with Crippen LogP contribution in [0.15, 0.2) is 18.2 Å². The van der Waals surface area contributed by atoms with Gasteiger partial charge in [0.05, 0.1) is 12.1 Å². The summed E-state index contributed by atoms with van der Waals surface area (Å²) in [6, 6.07) is 2.88. The van der Waals surface area contributed by atoms with Crippen molar-refractivity contribution in [3.63, 3.8) is 0 Å². The highest BCUT2D eigenvalue weighted by atomic mass is 19.4. The molecule has 1 aliphatic rings. The zero-order chi connectivity index (χ0) is 18.1. The van der Waals surface area contributed by atoms with Gasteiger partial charge in [0.25, 0.3) is 0 Å². The molecule has 0 radical (unpaired) electrons. The number of ether oxygens (including phenoxy) is 2. The summed E-state index contributed by atoms with van der Waals surface area (Å²) >= 11 is 0. The van der Waals surface area contributed by atoms with Gasteiger partial charge in [0.2, 0.25) is 0 Å². The minimum atomic E-state index is -4.79. The van der Waals surface area contributed by atoms with E-state index in [0.29, 0.717) is 19.0 Å². The normalized spacial score (nSPS) is 18.6. The maximum Gasteiger partial charge on any atom is 0.419 e. The van der Waals surface area contributed by atoms with Crippen molar-refractivity contribution >= 4 is 6.09 Å². The number of hydrogen-bond acceptors (Lipinski definition) is 3. The van der Waals surface area contributed by atoms with Gasteiger partial charge in [-0.25, -0.2) is 9.18 Å². The maximum atomic E-state index is 13.9. The lowest BCUT2D eigenvalue weighted by Gasteiger charge is -2.24. The molecule has 0 spiro atoms. The second kappa shape index (κ2) is 6.49. The van der Waals surface area contributed by atoms with E-state index in [-0.39, 0.29) is 6.54 Å². The highest BCUT2D eigenvalue weighted by molar-refractivity contribution is 5.68. The molecule has 1 aromatic carbocycles. The van der Waals surface area contributed by atoms with Crippen LogP contribution in [0.1, 0.15) is 32.8 Å². The van der Waals surface area contributed by atoms with Gasteiger partial charge < -0.3 is 14.4 Å². The maximum absolute atomic E-state index is 13.9. The summed E-state index contributed by atoms with van der Waals surface area (Å²) in [5, 5.41) is 0. The van der Waals surface area contributed by atoms with Crippen molar-refractivity contribution in [2.24, 2.45) is 0 Å². The van der Waals surface area contributed by atoms with Gasteiger partial charge in [0, 0.05) is 13.0 Å². The lowest BCUT2D eigenvalue weighted by Crippen LogP contribution is -2.36. The van der Waals surface area contributed by atoms with Crippen LogP contribution in [0.5, 0.6) is 5.75 Å². The topological polar surface area (TPSA) is 38.8 Å². The fraction of sp³-hybridized carbons (Fsp3) is 0.562. The quantitative estimate of drug-likeness (QED) is 0.750. The molecule has 1 aromatic rings. The Bertz CT molecular complexity index is 610. The summed E-state index contributed by atoms with van der Waals surface area (Å²) in [4.78, 5) is 13.3. The summed E-state index contributed by atoms with van der Waals surface area (Å²) in [5.41, 5.74) is -2.02. The van der Waals surface area contributed by atoms with Gasteiger partial charge in [-0.2, -0.15) is 13.2 Å². The molecule has 1 saturated heterocycles. The highest BCUT2D eigenvalue weighted by Crippen LogP contribution is 2.35. The predicted molar refractivity (Wildman–Crippen MR) is 78.2 cm³/mol. The lowest BCUT2D eigenvalue weighted by atomic mass is 10.2. The Balaban J connectivity index is 2.03. The van der Waals surface area contributed by atoms with Gasteiger partial charge in [0.1, 0.15) is 11.7 Å². The molecule has 1 aliphatic heterocycles. The molecule has 24 heavy (non-hydrogen) atoms. The van der Waals surface area contributed by atoms with Crippen molar-refractivity contribution in [3.05, 3.63) is 29.6 Å². The second-order valence-electron chi connectivity index (χ2n) is 6.57. The number of rotatable bonds is 2. The Kier molecular flexibility index (Phi) is 4.96. The molecule has 1 unspecified atom stereocenters. The van der Waals surface area contributed by atoms with E-state index in [0.717, 1.165) is 12.1 Å². The standard InChI is InChI=1S/C16H19F4NO3/c1-15(2,3)24-14(22)21-8-7-10(9-21)23-12-6-4-5-11(13(12)17)16(18,19)20/h4-6,10H,7-9H2,1-3H3. The minimum Gasteiger partial charge on any atom is -0.485 e. The first-order valence-corrected chi connectivity index (χ1v) is 7.47. The first-order chi connectivity index (χ1) is 11.0. The van der Waals surface area contributed by atoms with Crippen LogP contribution >= 0.6 is 0 Å². The number of alkyl halides is 3. The number of nitrogens with zero attached hydrogens (tertiary/aromatic N) is 1. The molecule has 2 rings (SSSR count). The highest BCUT2D eigenvalue weighted by Gasteiger charge is 2.36. The van der Waals surface area contributed by atoms with Crippen LogP contribution in [0, 0.1) is 5.82 Å². The smallest absolute Gasteiger partial charge is 0.419 e. The third kappa shape index (κ3) is 4.52. The van der Waals surface area contributed by atoms with Crippen molar-refractivity contribution < 1.29 is 31.8 Å². The zero-order valence-corrected chi connectivity index (χ0v) is 13.6. The average molecular weight is 349 g/mol. The molecular weight excluding hydrogens is 330 g/mol. The van der Waals surface area contributed by atoms with E-state index in [1.807, 2.05) is 0 Å². The number of likely N-dealkylation sites (tertiary alicyclic amines) is 1. The summed E-state index contributed by atoms with van der Waals surface area (Å²) in [7, 11) is 0. The molecule has 1 amide bonds. The van der Waals surface area contributed by atoms with E-state index in [9.17, 15) is 22.4 Å². The number of carbonyl (C=O) groups excluding carboxylic acids is 1. The Morgan fingerprint density at radius 3 is 2.50 bits per heavy atom. The van der Waals surface area contributed by atoms with Gasteiger partial charge in [-0.3, -0.25) is 0 Å². The number of halogens is 4. The molecule has 0 N–H and O–H groups in total. The molecule has 1 heterocycles. The van der Waals surface area contributed by atoms with Crippen molar-refractivity contribution in [2.75, 3.05) is 13.1 Å². The number of amides is 1. The third-order valence-corrected chi connectivity index (χ3v) is 3.36.